The van der Waals surface area contributed by atoms with Crippen LogP contribution < -0.4 is 15.7 Å². The van der Waals surface area contributed by atoms with Crippen LogP contribution in [0, 0.1) is 0 Å². The van der Waals surface area contributed by atoms with Gasteiger partial charge in [0, 0.05) is 16.3 Å². The molecule has 0 amide bonds. The van der Waals surface area contributed by atoms with E-state index in [1.807, 2.05) is 0 Å². The van der Waals surface area contributed by atoms with E-state index in [0.29, 0.717) is 11.8 Å². The summed E-state index contributed by atoms with van der Waals surface area (Å²) in [6, 6.07) is 28.3. The van der Waals surface area contributed by atoms with E-state index in [1.165, 1.54) is 27.4 Å². The number of anilines is 1. The molecule has 0 fully saturated rings. The molecule has 0 unspecified atom stereocenters. The number of para-hydroxylation sites is 1. The topological polar surface area (TPSA) is 24.4 Å². The Balaban J connectivity index is 2.41. The summed E-state index contributed by atoms with van der Waals surface area (Å²) in [6.07, 6.45) is 0. The third-order valence-electron chi connectivity index (χ3n) is 5.36. The standard InChI is InChI=1S/C28H37N2P/c1-21(2)25-19-14-20-26(22(3)4)27(25)29-31(30-28(5,6)7,23-15-10-8-11-16-23)24-17-12-9-13-18-24/h8-22,29H,1-7H3. The van der Waals surface area contributed by atoms with Gasteiger partial charge in [0.15, 0.2) is 0 Å². The number of nitrogens with one attached hydrogen (secondary N) is 1. The van der Waals surface area contributed by atoms with E-state index in [9.17, 15) is 0 Å². The molecule has 3 aromatic rings. The first-order valence-electron chi connectivity index (χ1n) is 11.3. The maximum absolute atomic E-state index is 5.58. The zero-order valence-corrected chi connectivity index (χ0v) is 20.9. The summed E-state index contributed by atoms with van der Waals surface area (Å²) in [5.41, 5.74) is 3.76. The highest BCUT2D eigenvalue weighted by Gasteiger charge is 2.30. The summed E-state index contributed by atoms with van der Waals surface area (Å²) >= 11 is 0. The molecule has 0 aliphatic carbocycles. The fraction of sp³-hybridized carbons (Fsp3) is 0.357. The van der Waals surface area contributed by atoms with Crippen molar-refractivity contribution in [3.63, 3.8) is 0 Å². The van der Waals surface area contributed by atoms with Gasteiger partial charge in [-0.1, -0.05) is 107 Å². The van der Waals surface area contributed by atoms with Gasteiger partial charge in [-0.05, 0) is 43.7 Å². The van der Waals surface area contributed by atoms with Crippen molar-refractivity contribution in [1.82, 2.24) is 0 Å². The highest BCUT2D eigenvalue weighted by atomic mass is 31.2. The van der Waals surface area contributed by atoms with Crippen LogP contribution in [0.15, 0.2) is 83.6 Å². The van der Waals surface area contributed by atoms with Gasteiger partial charge in [-0.15, -0.1) is 0 Å². The molecule has 0 aliphatic heterocycles. The Labute approximate surface area is 189 Å². The molecular weight excluding hydrogens is 395 g/mol. The molecular formula is C28H37N2P. The zero-order chi connectivity index (χ0) is 22.6. The Morgan fingerprint density at radius 3 is 1.42 bits per heavy atom. The molecule has 164 valence electrons. The van der Waals surface area contributed by atoms with E-state index in [4.69, 9.17) is 4.74 Å². The third kappa shape index (κ3) is 5.31. The molecule has 3 aromatic carbocycles. The minimum atomic E-state index is -2.30. The first-order chi connectivity index (χ1) is 14.6. The Morgan fingerprint density at radius 2 is 1.06 bits per heavy atom. The molecule has 1 N–H and O–H groups in total. The number of nitrogens with zero attached hydrogens (tertiary/aromatic N) is 1. The minimum absolute atomic E-state index is 0.197. The summed E-state index contributed by atoms with van der Waals surface area (Å²) < 4.78 is 5.58. The first kappa shape index (κ1) is 23.4. The van der Waals surface area contributed by atoms with Crippen LogP contribution in [0.5, 0.6) is 0 Å². The summed E-state index contributed by atoms with van der Waals surface area (Å²) in [7, 11) is -2.30. The smallest absolute Gasteiger partial charge is 0.110 e. The van der Waals surface area contributed by atoms with Crippen molar-refractivity contribution in [2.24, 2.45) is 4.74 Å². The van der Waals surface area contributed by atoms with Gasteiger partial charge in [0.1, 0.15) is 7.21 Å². The molecule has 0 atom stereocenters. The lowest BCUT2D eigenvalue weighted by atomic mass is 9.93. The van der Waals surface area contributed by atoms with Crippen LogP contribution in [0.3, 0.4) is 0 Å². The van der Waals surface area contributed by atoms with E-state index in [0.717, 1.165) is 0 Å². The Kier molecular flexibility index (Phi) is 7.12. The number of benzene rings is 3. The van der Waals surface area contributed by atoms with Gasteiger partial charge < -0.3 is 5.09 Å². The second-order valence-electron chi connectivity index (χ2n) is 9.81. The van der Waals surface area contributed by atoms with E-state index in [1.54, 1.807) is 0 Å². The lowest BCUT2D eigenvalue weighted by molar-refractivity contribution is 0.591. The number of rotatable bonds is 6. The maximum atomic E-state index is 5.58. The highest BCUT2D eigenvalue weighted by molar-refractivity contribution is 7.82. The molecule has 0 spiro atoms. The lowest BCUT2D eigenvalue weighted by Crippen LogP contribution is -2.26. The molecule has 0 radical (unpaired) electrons. The fourth-order valence-electron chi connectivity index (χ4n) is 4.00. The largest absolute Gasteiger partial charge is 0.345 e. The van der Waals surface area contributed by atoms with Gasteiger partial charge >= 0.3 is 0 Å². The molecule has 0 heterocycles. The first-order valence-corrected chi connectivity index (χ1v) is 13.0. The molecule has 0 aromatic heterocycles. The van der Waals surface area contributed by atoms with Crippen molar-refractivity contribution >= 4 is 23.5 Å². The summed E-state index contributed by atoms with van der Waals surface area (Å²) in [4.78, 5) is 0. The number of hydrogen-bond acceptors (Lipinski definition) is 1. The van der Waals surface area contributed by atoms with E-state index in [-0.39, 0.29) is 5.54 Å². The normalized spacial score (nSPS) is 12.3. The SMILES string of the molecule is CC(C)c1cccc(C(C)C)c1NP(=NC(C)(C)C)(c1ccccc1)c1ccccc1. The van der Waals surface area contributed by atoms with Crippen LogP contribution in [0.1, 0.15) is 71.4 Å². The zero-order valence-electron chi connectivity index (χ0n) is 20.1. The van der Waals surface area contributed by atoms with Crippen molar-refractivity contribution in [2.75, 3.05) is 5.09 Å². The van der Waals surface area contributed by atoms with Gasteiger partial charge in [0.05, 0.1) is 5.54 Å². The molecule has 31 heavy (non-hydrogen) atoms. The van der Waals surface area contributed by atoms with Crippen LogP contribution in [-0.4, -0.2) is 5.54 Å². The van der Waals surface area contributed by atoms with Gasteiger partial charge in [0.25, 0.3) is 0 Å². The predicted molar refractivity (Wildman–Crippen MR) is 139 cm³/mol. The molecule has 0 bridgehead atoms. The van der Waals surface area contributed by atoms with Crippen molar-refractivity contribution < 1.29 is 0 Å². The van der Waals surface area contributed by atoms with Gasteiger partial charge in [-0.3, -0.25) is 4.74 Å². The van der Waals surface area contributed by atoms with Crippen molar-refractivity contribution in [3.8, 4) is 0 Å². The lowest BCUT2D eigenvalue weighted by Gasteiger charge is -2.34. The molecule has 3 heteroatoms. The summed E-state index contributed by atoms with van der Waals surface area (Å²) in [6.45, 7) is 15.7. The van der Waals surface area contributed by atoms with Crippen LogP contribution in [0.4, 0.5) is 5.69 Å². The quantitative estimate of drug-likeness (QED) is 0.393. The van der Waals surface area contributed by atoms with Gasteiger partial charge in [-0.2, -0.15) is 0 Å². The van der Waals surface area contributed by atoms with Crippen LogP contribution in [0.25, 0.3) is 0 Å². The third-order valence-corrected chi connectivity index (χ3v) is 8.89. The molecule has 0 aliphatic rings. The van der Waals surface area contributed by atoms with E-state index in [2.05, 4.69) is 132 Å². The summed E-state index contributed by atoms with van der Waals surface area (Å²) in [5, 5.41) is 6.63. The minimum Gasteiger partial charge on any atom is -0.345 e. The van der Waals surface area contributed by atoms with Crippen LogP contribution in [0.2, 0.25) is 0 Å². The average molecular weight is 433 g/mol. The Bertz CT molecular complexity index is 976. The Hall–Kier alpha value is -2.31. The van der Waals surface area contributed by atoms with Crippen molar-refractivity contribution in [1.29, 1.82) is 0 Å². The molecule has 2 nitrogen and oxygen atoms in total. The van der Waals surface area contributed by atoms with Crippen molar-refractivity contribution in [2.45, 2.75) is 65.8 Å². The van der Waals surface area contributed by atoms with Crippen molar-refractivity contribution in [3.05, 3.63) is 90.0 Å². The van der Waals surface area contributed by atoms with E-state index >= 15 is 0 Å². The van der Waals surface area contributed by atoms with Crippen LogP contribution >= 0.6 is 7.21 Å². The van der Waals surface area contributed by atoms with Gasteiger partial charge in [-0.25, -0.2) is 0 Å². The molecule has 3 rings (SSSR count). The Morgan fingerprint density at radius 1 is 0.645 bits per heavy atom. The molecule has 0 saturated heterocycles. The molecule has 0 saturated carbocycles. The average Bonchev–Trinajstić information content (AvgIpc) is 2.73. The van der Waals surface area contributed by atoms with Gasteiger partial charge in [0.2, 0.25) is 0 Å². The predicted octanol–water partition coefficient (Wildman–Crippen LogP) is 7.91. The summed E-state index contributed by atoms with van der Waals surface area (Å²) in [5.74, 6) is 0.841. The number of hydrogen-bond donors (Lipinski definition) is 1. The second kappa shape index (κ2) is 9.45. The fourth-order valence-corrected chi connectivity index (χ4v) is 7.52. The second-order valence-corrected chi connectivity index (χ2v) is 12.5. The highest BCUT2D eigenvalue weighted by Crippen LogP contribution is 2.51. The monoisotopic (exact) mass is 432 g/mol. The van der Waals surface area contributed by atoms with E-state index < -0.39 is 7.21 Å². The maximum Gasteiger partial charge on any atom is 0.110 e. The van der Waals surface area contributed by atoms with Crippen LogP contribution in [-0.2, 0) is 0 Å².